The summed E-state index contributed by atoms with van der Waals surface area (Å²) >= 11 is 3.39. The quantitative estimate of drug-likeness (QED) is 0.466. The maximum absolute atomic E-state index is 12.5. The molecule has 1 N–H and O–H groups in total. The molecule has 2 aromatic carbocycles. The van der Waals surface area contributed by atoms with Crippen LogP contribution < -0.4 is 10.1 Å². The van der Waals surface area contributed by atoms with E-state index >= 15 is 0 Å². The first kappa shape index (κ1) is 22.3. The topological polar surface area (TPSA) is 54.5 Å². The SMILES string of the molecule is Cc1nc(CSc2ccc(C(=O)NCc3cccc(OCCN(C)C)c3)cc2)cs1. The Hall–Kier alpha value is -2.35. The normalized spacial score (nSPS) is 10.9. The van der Waals surface area contributed by atoms with Crippen molar-refractivity contribution in [2.75, 3.05) is 27.2 Å². The van der Waals surface area contributed by atoms with Crippen molar-refractivity contribution >= 4 is 29.0 Å². The molecule has 0 bridgehead atoms. The van der Waals surface area contributed by atoms with Crippen LogP contribution in [0.1, 0.15) is 26.6 Å². The number of nitrogens with zero attached hydrogens (tertiary/aromatic N) is 2. The molecule has 0 saturated heterocycles. The van der Waals surface area contributed by atoms with Crippen LogP contribution in [0.3, 0.4) is 0 Å². The Kier molecular flexibility index (Phi) is 8.30. The van der Waals surface area contributed by atoms with Crippen LogP contribution in [-0.2, 0) is 12.3 Å². The van der Waals surface area contributed by atoms with Gasteiger partial charge in [0, 0.05) is 34.7 Å². The van der Waals surface area contributed by atoms with Gasteiger partial charge < -0.3 is 15.0 Å². The molecular formula is C23H27N3O2S2. The van der Waals surface area contributed by atoms with Gasteiger partial charge >= 0.3 is 0 Å². The molecule has 5 nitrogen and oxygen atoms in total. The third-order valence-electron chi connectivity index (χ3n) is 4.33. The summed E-state index contributed by atoms with van der Waals surface area (Å²) in [7, 11) is 4.03. The van der Waals surface area contributed by atoms with E-state index in [1.54, 1.807) is 23.1 Å². The van der Waals surface area contributed by atoms with E-state index in [4.69, 9.17) is 4.74 Å². The number of rotatable bonds is 10. The average Bonchev–Trinajstić information content (AvgIpc) is 3.16. The maximum atomic E-state index is 12.5. The van der Waals surface area contributed by atoms with Crippen molar-refractivity contribution in [2.24, 2.45) is 0 Å². The Morgan fingerprint density at radius 3 is 2.70 bits per heavy atom. The van der Waals surface area contributed by atoms with Crippen LogP contribution in [-0.4, -0.2) is 43.0 Å². The summed E-state index contributed by atoms with van der Waals surface area (Å²) in [6.45, 7) is 3.97. The van der Waals surface area contributed by atoms with Crippen LogP contribution in [0.2, 0.25) is 0 Å². The van der Waals surface area contributed by atoms with Gasteiger partial charge in [0.25, 0.3) is 5.91 Å². The molecule has 0 aliphatic rings. The first-order valence-electron chi connectivity index (χ1n) is 9.78. The fraction of sp³-hybridized carbons (Fsp3) is 0.304. The Labute approximate surface area is 186 Å². The number of likely N-dealkylation sites (N-methyl/N-ethyl adjacent to an activating group) is 1. The summed E-state index contributed by atoms with van der Waals surface area (Å²) in [4.78, 5) is 20.2. The number of aryl methyl sites for hydroxylation is 1. The third kappa shape index (κ3) is 7.16. The van der Waals surface area contributed by atoms with Gasteiger partial charge in [-0.2, -0.15) is 0 Å². The lowest BCUT2D eigenvalue weighted by atomic mass is 10.2. The van der Waals surface area contributed by atoms with E-state index in [9.17, 15) is 4.79 Å². The Bertz CT molecular complexity index is 955. The number of thioether (sulfide) groups is 1. The van der Waals surface area contributed by atoms with Gasteiger partial charge in [-0.1, -0.05) is 12.1 Å². The molecule has 1 heterocycles. The Morgan fingerprint density at radius 2 is 2.00 bits per heavy atom. The number of amides is 1. The van der Waals surface area contributed by atoms with Gasteiger partial charge in [0.1, 0.15) is 12.4 Å². The molecule has 0 unspecified atom stereocenters. The van der Waals surface area contributed by atoms with Crippen molar-refractivity contribution in [1.82, 2.24) is 15.2 Å². The average molecular weight is 442 g/mol. The van der Waals surface area contributed by atoms with E-state index in [2.05, 4.69) is 20.6 Å². The van der Waals surface area contributed by atoms with E-state index in [0.717, 1.165) is 39.2 Å². The minimum Gasteiger partial charge on any atom is -0.492 e. The van der Waals surface area contributed by atoms with Gasteiger partial charge in [0.15, 0.2) is 0 Å². The van der Waals surface area contributed by atoms with Gasteiger partial charge in [-0.3, -0.25) is 4.79 Å². The van der Waals surface area contributed by atoms with Crippen molar-refractivity contribution in [1.29, 1.82) is 0 Å². The summed E-state index contributed by atoms with van der Waals surface area (Å²) in [5.74, 6) is 1.57. The fourth-order valence-corrected chi connectivity index (χ4v) is 4.22. The zero-order valence-corrected chi connectivity index (χ0v) is 19.2. The van der Waals surface area contributed by atoms with Crippen LogP contribution >= 0.6 is 23.1 Å². The number of aromatic nitrogens is 1. The molecular weight excluding hydrogens is 414 g/mol. The number of nitrogens with one attached hydrogen (secondary N) is 1. The number of thiazole rings is 1. The highest BCUT2D eigenvalue weighted by atomic mass is 32.2. The summed E-state index contributed by atoms with van der Waals surface area (Å²) in [6.07, 6.45) is 0. The lowest BCUT2D eigenvalue weighted by Crippen LogP contribution is -2.22. The lowest BCUT2D eigenvalue weighted by Gasteiger charge is -2.12. The van der Waals surface area contributed by atoms with Gasteiger partial charge in [0.05, 0.1) is 10.7 Å². The second kappa shape index (κ2) is 11.2. The zero-order chi connectivity index (χ0) is 21.3. The molecule has 1 aromatic heterocycles. The number of benzene rings is 2. The molecule has 1 amide bonds. The first-order chi connectivity index (χ1) is 14.5. The maximum Gasteiger partial charge on any atom is 0.251 e. The van der Waals surface area contributed by atoms with Crippen molar-refractivity contribution in [3.8, 4) is 5.75 Å². The summed E-state index contributed by atoms with van der Waals surface area (Å²) in [5, 5.41) is 6.15. The highest BCUT2D eigenvalue weighted by Gasteiger charge is 2.07. The highest BCUT2D eigenvalue weighted by Crippen LogP contribution is 2.24. The minimum absolute atomic E-state index is 0.0828. The van der Waals surface area contributed by atoms with Crippen LogP contribution in [0.4, 0.5) is 0 Å². The molecule has 7 heteroatoms. The van der Waals surface area contributed by atoms with Gasteiger partial charge in [-0.05, 0) is 63.0 Å². The third-order valence-corrected chi connectivity index (χ3v) is 6.20. The zero-order valence-electron chi connectivity index (χ0n) is 17.6. The highest BCUT2D eigenvalue weighted by molar-refractivity contribution is 7.98. The second-order valence-corrected chi connectivity index (χ2v) is 9.26. The number of carbonyl (C=O) groups is 1. The Balaban J connectivity index is 1.47. The molecule has 3 rings (SSSR count). The van der Waals surface area contributed by atoms with Crippen molar-refractivity contribution < 1.29 is 9.53 Å². The monoisotopic (exact) mass is 441 g/mol. The van der Waals surface area contributed by atoms with Crippen molar-refractivity contribution in [2.45, 2.75) is 24.1 Å². The number of hydrogen-bond donors (Lipinski definition) is 1. The Morgan fingerprint density at radius 1 is 1.20 bits per heavy atom. The molecule has 0 fully saturated rings. The fourth-order valence-electron chi connectivity index (χ4n) is 2.71. The number of carbonyl (C=O) groups excluding carboxylic acids is 1. The summed E-state index contributed by atoms with van der Waals surface area (Å²) < 4.78 is 5.76. The molecule has 30 heavy (non-hydrogen) atoms. The van der Waals surface area contributed by atoms with Crippen molar-refractivity contribution in [3.63, 3.8) is 0 Å². The van der Waals surface area contributed by atoms with Gasteiger partial charge in [0.2, 0.25) is 0 Å². The number of hydrogen-bond acceptors (Lipinski definition) is 6. The van der Waals surface area contributed by atoms with Crippen LogP contribution in [0.5, 0.6) is 5.75 Å². The smallest absolute Gasteiger partial charge is 0.251 e. The van der Waals surface area contributed by atoms with Crippen LogP contribution in [0.15, 0.2) is 58.8 Å². The predicted molar refractivity (Wildman–Crippen MR) is 125 cm³/mol. The van der Waals surface area contributed by atoms with Gasteiger partial charge in [-0.15, -0.1) is 23.1 Å². The molecule has 0 saturated carbocycles. The van der Waals surface area contributed by atoms with Crippen molar-refractivity contribution in [3.05, 3.63) is 75.7 Å². The van der Waals surface area contributed by atoms with E-state index in [1.165, 1.54) is 0 Å². The second-order valence-electron chi connectivity index (χ2n) is 7.15. The van der Waals surface area contributed by atoms with Gasteiger partial charge in [-0.25, -0.2) is 4.98 Å². The largest absolute Gasteiger partial charge is 0.492 e. The molecule has 0 aliphatic heterocycles. The molecule has 158 valence electrons. The molecule has 0 radical (unpaired) electrons. The number of ether oxygens (including phenoxy) is 1. The molecule has 0 aliphatic carbocycles. The lowest BCUT2D eigenvalue weighted by molar-refractivity contribution is 0.0950. The van der Waals surface area contributed by atoms with E-state index in [0.29, 0.717) is 18.7 Å². The van der Waals surface area contributed by atoms with Crippen LogP contribution in [0.25, 0.3) is 0 Å². The van der Waals surface area contributed by atoms with E-state index in [-0.39, 0.29) is 5.91 Å². The van der Waals surface area contributed by atoms with E-state index < -0.39 is 0 Å². The summed E-state index contributed by atoms with van der Waals surface area (Å²) in [6, 6.07) is 15.5. The standard InChI is InChI=1S/C23H27N3O2S2/c1-17-25-20(15-29-17)16-30-22-9-7-19(8-10-22)23(27)24-14-18-5-4-6-21(13-18)28-12-11-26(2)3/h4-10,13,15H,11-12,14,16H2,1-3H3,(H,24,27). The molecule has 0 atom stereocenters. The first-order valence-corrected chi connectivity index (χ1v) is 11.6. The summed E-state index contributed by atoms with van der Waals surface area (Å²) in [5.41, 5.74) is 2.76. The van der Waals surface area contributed by atoms with E-state index in [1.807, 2.05) is 69.6 Å². The predicted octanol–water partition coefficient (Wildman–Crippen LogP) is 4.61. The van der Waals surface area contributed by atoms with Crippen LogP contribution in [0, 0.1) is 6.92 Å². The minimum atomic E-state index is -0.0828. The molecule has 0 spiro atoms. The molecule has 3 aromatic rings.